The van der Waals surface area contributed by atoms with E-state index in [4.69, 9.17) is 0 Å². The third kappa shape index (κ3) is 4.29. The lowest BCUT2D eigenvalue weighted by Crippen LogP contribution is -2.50. The van der Waals surface area contributed by atoms with Crippen LogP contribution in [-0.2, 0) is 16.6 Å². The van der Waals surface area contributed by atoms with Gasteiger partial charge in [-0.3, -0.25) is 4.79 Å². The summed E-state index contributed by atoms with van der Waals surface area (Å²) in [5.41, 5.74) is 3.30. The molecule has 1 fully saturated rings. The van der Waals surface area contributed by atoms with Crippen LogP contribution in [0.5, 0.6) is 0 Å². The number of rotatable bonds is 5. The number of carbonyl (C=O) groups excluding carboxylic acids is 1. The zero-order valence-corrected chi connectivity index (χ0v) is 19.0. The Morgan fingerprint density at radius 2 is 1.56 bits per heavy atom. The number of sulfonamides is 1. The van der Waals surface area contributed by atoms with E-state index in [0.717, 1.165) is 28.7 Å². The third-order valence-corrected chi connectivity index (χ3v) is 7.84. The number of hydrogen-bond donors (Lipinski definition) is 0. The molecule has 0 N–H and O–H groups in total. The van der Waals surface area contributed by atoms with Crippen LogP contribution >= 0.6 is 0 Å². The van der Waals surface area contributed by atoms with Gasteiger partial charge in [0.2, 0.25) is 10.0 Å². The number of hydrogen-bond acceptors (Lipinski definition) is 5. The van der Waals surface area contributed by atoms with Crippen molar-refractivity contribution in [3.05, 3.63) is 89.7 Å². The van der Waals surface area contributed by atoms with Crippen molar-refractivity contribution < 1.29 is 17.6 Å². The molecule has 2 heterocycles. The molecule has 1 saturated heterocycles. The monoisotopic (exact) mass is 479 g/mol. The van der Waals surface area contributed by atoms with Crippen molar-refractivity contribution in [2.75, 3.05) is 26.2 Å². The quantitative estimate of drug-likeness (QED) is 0.439. The molecule has 3 aromatic carbocycles. The number of nitrogens with zero attached hydrogens (tertiary/aromatic N) is 5. The van der Waals surface area contributed by atoms with E-state index in [1.165, 1.54) is 16.4 Å². The Morgan fingerprint density at radius 1 is 0.882 bits per heavy atom. The van der Waals surface area contributed by atoms with E-state index in [0.29, 0.717) is 12.1 Å². The molecule has 1 aromatic heterocycles. The minimum absolute atomic E-state index is 0.0458. The lowest BCUT2D eigenvalue weighted by molar-refractivity contribution is 0.0698. The van der Waals surface area contributed by atoms with E-state index < -0.39 is 15.8 Å². The molecule has 0 unspecified atom stereocenters. The number of para-hydroxylation sites is 1. The molecule has 10 heteroatoms. The Bertz CT molecular complexity index is 1430. The van der Waals surface area contributed by atoms with Crippen LogP contribution in [0, 0.1) is 5.82 Å². The SMILES string of the molecule is O=C(c1ccc(Cn2nnc3ccccc32)cc1)N1CCN(S(=O)(=O)c2ccc(F)cc2)CC1. The summed E-state index contributed by atoms with van der Waals surface area (Å²) in [4.78, 5) is 14.7. The summed E-state index contributed by atoms with van der Waals surface area (Å²) in [5.74, 6) is -0.633. The molecule has 34 heavy (non-hydrogen) atoms. The second kappa shape index (κ2) is 8.96. The molecule has 8 nitrogen and oxygen atoms in total. The van der Waals surface area contributed by atoms with Gasteiger partial charge in [0, 0.05) is 31.7 Å². The predicted molar refractivity (Wildman–Crippen MR) is 124 cm³/mol. The van der Waals surface area contributed by atoms with Crippen LogP contribution in [0.3, 0.4) is 0 Å². The molecular formula is C24H22FN5O3S. The number of fused-ring (bicyclic) bond motifs is 1. The molecule has 1 aliphatic heterocycles. The lowest BCUT2D eigenvalue weighted by Gasteiger charge is -2.34. The number of carbonyl (C=O) groups is 1. The highest BCUT2D eigenvalue weighted by molar-refractivity contribution is 7.89. The summed E-state index contributed by atoms with van der Waals surface area (Å²) in [6, 6.07) is 19.8. The van der Waals surface area contributed by atoms with E-state index >= 15 is 0 Å². The normalized spacial score (nSPS) is 15.0. The van der Waals surface area contributed by atoms with Gasteiger partial charge in [-0.2, -0.15) is 4.31 Å². The first kappa shape index (κ1) is 22.2. The largest absolute Gasteiger partial charge is 0.336 e. The van der Waals surface area contributed by atoms with Gasteiger partial charge in [0.1, 0.15) is 11.3 Å². The molecular weight excluding hydrogens is 457 g/mol. The molecule has 0 bridgehead atoms. The van der Waals surface area contributed by atoms with Gasteiger partial charge in [-0.15, -0.1) is 5.10 Å². The van der Waals surface area contributed by atoms with Crippen molar-refractivity contribution in [2.45, 2.75) is 11.4 Å². The number of halogens is 1. The van der Waals surface area contributed by atoms with Gasteiger partial charge in [0.05, 0.1) is 17.0 Å². The number of aromatic nitrogens is 3. The highest BCUT2D eigenvalue weighted by atomic mass is 32.2. The van der Waals surface area contributed by atoms with E-state index in [-0.39, 0.29) is 37.0 Å². The molecule has 1 aliphatic rings. The van der Waals surface area contributed by atoms with E-state index in [1.54, 1.807) is 17.0 Å². The fourth-order valence-electron chi connectivity index (χ4n) is 4.03. The smallest absolute Gasteiger partial charge is 0.253 e. The average Bonchev–Trinajstić information content (AvgIpc) is 3.27. The minimum Gasteiger partial charge on any atom is -0.336 e. The van der Waals surface area contributed by atoms with Gasteiger partial charge in [-0.05, 0) is 54.1 Å². The first-order valence-electron chi connectivity index (χ1n) is 10.8. The maximum absolute atomic E-state index is 13.1. The summed E-state index contributed by atoms with van der Waals surface area (Å²) in [6.07, 6.45) is 0. The second-order valence-electron chi connectivity index (χ2n) is 8.08. The van der Waals surface area contributed by atoms with Gasteiger partial charge in [-0.1, -0.05) is 29.5 Å². The second-order valence-corrected chi connectivity index (χ2v) is 10.0. The van der Waals surface area contributed by atoms with E-state index in [9.17, 15) is 17.6 Å². The van der Waals surface area contributed by atoms with Crippen molar-refractivity contribution in [3.8, 4) is 0 Å². The summed E-state index contributed by atoms with van der Waals surface area (Å²) in [7, 11) is -3.72. The van der Waals surface area contributed by atoms with E-state index in [1.807, 2.05) is 41.1 Å². The molecule has 5 rings (SSSR count). The standard InChI is InChI=1S/C24H22FN5O3S/c25-20-9-11-21(12-10-20)34(32,33)29-15-13-28(14-16-29)24(31)19-7-5-18(6-8-19)17-30-23-4-2-1-3-22(23)26-27-30/h1-12H,13-17H2. The fraction of sp³-hybridized carbons (Fsp3) is 0.208. The van der Waals surface area contributed by atoms with Crippen LogP contribution in [0.2, 0.25) is 0 Å². The minimum atomic E-state index is -3.72. The average molecular weight is 480 g/mol. The molecule has 0 spiro atoms. The van der Waals surface area contributed by atoms with Gasteiger partial charge in [0.25, 0.3) is 5.91 Å². The van der Waals surface area contributed by atoms with Crippen LogP contribution < -0.4 is 0 Å². The van der Waals surface area contributed by atoms with E-state index in [2.05, 4.69) is 10.3 Å². The van der Waals surface area contributed by atoms with Crippen LogP contribution in [0.15, 0.2) is 77.7 Å². The maximum atomic E-state index is 13.1. The van der Waals surface area contributed by atoms with Crippen LogP contribution in [0.25, 0.3) is 11.0 Å². The zero-order valence-electron chi connectivity index (χ0n) is 18.2. The highest BCUT2D eigenvalue weighted by Gasteiger charge is 2.30. The van der Waals surface area contributed by atoms with Crippen LogP contribution in [-0.4, -0.2) is 64.7 Å². The number of amides is 1. The molecule has 174 valence electrons. The Morgan fingerprint density at radius 3 is 2.26 bits per heavy atom. The van der Waals surface area contributed by atoms with Crippen molar-refractivity contribution in [2.24, 2.45) is 0 Å². The third-order valence-electron chi connectivity index (χ3n) is 5.93. The Balaban J connectivity index is 1.22. The Hall–Kier alpha value is -3.63. The van der Waals surface area contributed by atoms with Crippen molar-refractivity contribution in [1.82, 2.24) is 24.2 Å². The maximum Gasteiger partial charge on any atom is 0.253 e. The first-order valence-corrected chi connectivity index (χ1v) is 12.3. The summed E-state index contributed by atoms with van der Waals surface area (Å²) in [6.45, 7) is 1.47. The van der Waals surface area contributed by atoms with Gasteiger partial charge < -0.3 is 4.90 Å². The highest BCUT2D eigenvalue weighted by Crippen LogP contribution is 2.19. The molecule has 0 atom stereocenters. The lowest BCUT2D eigenvalue weighted by atomic mass is 10.1. The zero-order chi connectivity index (χ0) is 23.7. The molecule has 0 radical (unpaired) electrons. The number of benzene rings is 3. The topological polar surface area (TPSA) is 88.4 Å². The summed E-state index contributed by atoms with van der Waals surface area (Å²) < 4.78 is 41.8. The van der Waals surface area contributed by atoms with Crippen molar-refractivity contribution >= 4 is 27.0 Å². The van der Waals surface area contributed by atoms with Crippen LogP contribution in [0.4, 0.5) is 4.39 Å². The molecule has 4 aromatic rings. The van der Waals surface area contributed by atoms with Crippen molar-refractivity contribution in [3.63, 3.8) is 0 Å². The predicted octanol–water partition coefficient (Wildman–Crippen LogP) is 2.77. The number of piperazine rings is 1. The summed E-state index contributed by atoms with van der Waals surface area (Å²) >= 11 is 0. The summed E-state index contributed by atoms with van der Waals surface area (Å²) in [5, 5.41) is 8.35. The molecule has 0 aliphatic carbocycles. The Kier molecular flexibility index (Phi) is 5.84. The van der Waals surface area contributed by atoms with Gasteiger partial charge in [0.15, 0.2) is 0 Å². The van der Waals surface area contributed by atoms with Gasteiger partial charge >= 0.3 is 0 Å². The first-order chi connectivity index (χ1) is 16.4. The Labute approximate surface area is 196 Å². The molecule has 0 saturated carbocycles. The fourth-order valence-corrected chi connectivity index (χ4v) is 5.45. The van der Waals surface area contributed by atoms with Crippen LogP contribution in [0.1, 0.15) is 15.9 Å². The molecule has 1 amide bonds. The van der Waals surface area contributed by atoms with Crippen molar-refractivity contribution in [1.29, 1.82) is 0 Å². The van der Waals surface area contributed by atoms with Gasteiger partial charge in [-0.25, -0.2) is 17.5 Å².